The van der Waals surface area contributed by atoms with E-state index in [1.165, 1.54) is 0 Å². The van der Waals surface area contributed by atoms with E-state index in [-0.39, 0.29) is 6.09 Å². The smallest absolute Gasteiger partial charge is 0.407 e. The average molecular weight is 183 g/mol. The Kier molecular flexibility index (Phi) is 8.12. The van der Waals surface area contributed by atoms with Crippen molar-refractivity contribution >= 4 is 6.09 Å². The van der Waals surface area contributed by atoms with Crippen molar-refractivity contribution in [1.29, 1.82) is 0 Å². The predicted octanol–water partition coefficient (Wildman–Crippen LogP) is 1.93. The molecule has 0 unspecified atom stereocenters. The molecule has 0 aliphatic carbocycles. The SMILES string of the molecule is C#CCCCNC(=O)OCCCC. The zero-order valence-corrected chi connectivity index (χ0v) is 8.14. The van der Waals surface area contributed by atoms with Gasteiger partial charge >= 0.3 is 6.09 Å². The normalized spacial score (nSPS) is 8.92. The Bertz CT molecular complexity index is 172. The molecule has 0 aliphatic rings. The number of hydrogen-bond acceptors (Lipinski definition) is 2. The predicted molar refractivity (Wildman–Crippen MR) is 52.3 cm³/mol. The highest BCUT2D eigenvalue weighted by atomic mass is 16.5. The molecule has 3 heteroatoms. The van der Waals surface area contributed by atoms with E-state index >= 15 is 0 Å². The lowest BCUT2D eigenvalue weighted by Crippen LogP contribution is -2.25. The summed E-state index contributed by atoms with van der Waals surface area (Å²) in [5.74, 6) is 2.50. The van der Waals surface area contributed by atoms with Crippen LogP contribution >= 0.6 is 0 Å². The van der Waals surface area contributed by atoms with Gasteiger partial charge in [0.05, 0.1) is 6.61 Å². The van der Waals surface area contributed by atoms with Crippen LogP contribution in [0, 0.1) is 12.3 Å². The molecule has 0 aliphatic heterocycles. The highest BCUT2D eigenvalue weighted by Gasteiger charge is 1.98. The maximum Gasteiger partial charge on any atom is 0.407 e. The number of carbonyl (C=O) groups excluding carboxylic acids is 1. The Balaban J connectivity index is 3.16. The maximum atomic E-state index is 10.9. The summed E-state index contributed by atoms with van der Waals surface area (Å²) >= 11 is 0. The van der Waals surface area contributed by atoms with Gasteiger partial charge in [-0.05, 0) is 12.8 Å². The molecule has 3 nitrogen and oxygen atoms in total. The van der Waals surface area contributed by atoms with Crippen LogP contribution in [0.5, 0.6) is 0 Å². The van der Waals surface area contributed by atoms with Gasteiger partial charge in [0, 0.05) is 13.0 Å². The molecule has 0 bridgehead atoms. The topological polar surface area (TPSA) is 38.3 Å². The van der Waals surface area contributed by atoms with E-state index in [2.05, 4.69) is 11.2 Å². The Hall–Kier alpha value is -1.17. The van der Waals surface area contributed by atoms with Gasteiger partial charge in [-0.2, -0.15) is 0 Å². The van der Waals surface area contributed by atoms with Crippen LogP contribution in [-0.4, -0.2) is 19.2 Å². The summed E-state index contributed by atoms with van der Waals surface area (Å²) in [5.41, 5.74) is 0. The fourth-order valence-electron chi connectivity index (χ4n) is 0.741. The summed E-state index contributed by atoms with van der Waals surface area (Å²) in [6, 6.07) is 0. The first kappa shape index (κ1) is 11.8. The Morgan fingerprint density at radius 3 is 2.92 bits per heavy atom. The van der Waals surface area contributed by atoms with Crippen molar-refractivity contribution < 1.29 is 9.53 Å². The largest absolute Gasteiger partial charge is 0.450 e. The molecule has 0 saturated carbocycles. The number of hydrogen-bond donors (Lipinski definition) is 1. The second-order valence-electron chi connectivity index (χ2n) is 2.72. The lowest BCUT2D eigenvalue weighted by molar-refractivity contribution is 0.144. The van der Waals surface area contributed by atoms with Gasteiger partial charge in [0.1, 0.15) is 0 Å². The molecule has 0 aromatic carbocycles. The zero-order valence-electron chi connectivity index (χ0n) is 8.14. The standard InChI is InChI=1S/C10H17NO2/c1-3-5-7-8-11-10(12)13-9-6-4-2/h1H,4-9H2,2H3,(H,11,12). The van der Waals surface area contributed by atoms with E-state index in [1.54, 1.807) is 0 Å². The van der Waals surface area contributed by atoms with Gasteiger partial charge in [-0.25, -0.2) is 4.79 Å². The molecule has 0 aromatic heterocycles. The molecule has 74 valence electrons. The molecule has 0 fully saturated rings. The van der Waals surface area contributed by atoms with Crippen molar-refractivity contribution in [3.63, 3.8) is 0 Å². The van der Waals surface area contributed by atoms with Crippen LogP contribution < -0.4 is 5.32 Å². The molecular weight excluding hydrogens is 166 g/mol. The van der Waals surface area contributed by atoms with E-state index in [0.29, 0.717) is 19.6 Å². The Morgan fingerprint density at radius 1 is 1.54 bits per heavy atom. The minimum absolute atomic E-state index is 0.342. The summed E-state index contributed by atoms with van der Waals surface area (Å²) in [6.45, 7) is 3.14. The van der Waals surface area contributed by atoms with Gasteiger partial charge in [0.25, 0.3) is 0 Å². The molecule has 0 atom stereocenters. The summed E-state index contributed by atoms with van der Waals surface area (Å²) in [7, 11) is 0. The van der Waals surface area contributed by atoms with E-state index in [9.17, 15) is 4.79 Å². The van der Waals surface area contributed by atoms with Crippen LogP contribution in [0.3, 0.4) is 0 Å². The van der Waals surface area contributed by atoms with Crippen molar-refractivity contribution in [3.05, 3.63) is 0 Å². The van der Waals surface area contributed by atoms with Crippen molar-refractivity contribution in [1.82, 2.24) is 5.32 Å². The van der Waals surface area contributed by atoms with Gasteiger partial charge < -0.3 is 10.1 Å². The lowest BCUT2D eigenvalue weighted by Gasteiger charge is -2.04. The van der Waals surface area contributed by atoms with Crippen molar-refractivity contribution in [2.24, 2.45) is 0 Å². The van der Waals surface area contributed by atoms with Gasteiger partial charge in [-0.15, -0.1) is 12.3 Å². The fraction of sp³-hybridized carbons (Fsp3) is 0.700. The highest BCUT2D eigenvalue weighted by Crippen LogP contribution is 1.89. The first-order valence-corrected chi connectivity index (χ1v) is 4.65. The van der Waals surface area contributed by atoms with Crippen molar-refractivity contribution in [2.75, 3.05) is 13.2 Å². The highest BCUT2D eigenvalue weighted by molar-refractivity contribution is 5.66. The van der Waals surface area contributed by atoms with Crippen LogP contribution in [0.2, 0.25) is 0 Å². The number of ether oxygens (including phenoxy) is 1. The minimum Gasteiger partial charge on any atom is -0.450 e. The van der Waals surface area contributed by atoms with Gasteiger partial charge in [-0.3, -0.25) is 0 Å². The average Bonchev–Trinajstić information content (AvgIpc) is 2.13. The van der Waals surface area contributed by atoms with Crippen LogP contribution in [-0.2, 0) is 4.74 Å². The molecule has 0 rings (SSSR count). The molecule has 1 amide bonds. The molecular formula is C10H17NO2. The molecule has 0 spiro atoms. The molecule has 1 N–H and O–H groups in total. The molecule has 13 heavy (non-hydrogen) atoms. The summed E-state index contributed by atoms with van der Waals surface area (Å²) < 4.78 is 4.86. The third-order valence-electron chi connectivity index (χ3n) is 1.50. The first-order valence-electron chi connectivity index (χ1n) is 4.65. The van der Waals surface area contributed by atoms with E-state index in [0.717, 1.165) is 19.3 Å². The number of carbonyl (C=O) groups is 1. The number of rotatable bonds is 6. The number of terminal acetylenes is 1. The third-order valence-corrected chi connectivity index (χ3v) is 1.50. The van der Waals surface area contributed by atoms with Crippen LogP contribution in [0.15, 0.2) is 0 Å². The minimum atomic E-state index is -0.342. The zero-order chi connectivity index (χ0) is 9.94. The van der Waals surface area contributed by atoms with Crippen molar-refractivity contribution in [2.45, 2.75) is 32.6 Å². The second kappa shape index (κ2) is 8.92. The summed E-state index contributed by atoms with van der Waals surface area (Å²) in [6.07, 6.45) is 8.15. The molecule has 0 heterocycles. The Labute approximate surface area is 79.8 Å². The third kappa shape index (κ3) is 8.74. The number of alkyl carbamates (subject to hydrolysis) is 1. The molecule has 0 saturated heterocycles. The monoisotopic (exact) mass is 183 g/mol. The second-order valence-corrected chi connectivity index (χ2v) is 2.72. The molecule has 0 radical (unpaired) electrons. The van der Waals surface area contributed by atoms with Gasteiger partial charge in [-0.1, -0.05) is 13.3 Å². The van der Waals surface area contributed by atoms with E-state index in [1.807, 2.05) is 6.92 Å². The number of unbranched alkanes of at least 4 members (excludes halogenated alkanes) is 2. The van der Waals surface area contributed by atoms with Crippen LogP contribution in [0.1, 0.15) is 32.6 Å². The molecule has 0 aromatic rings. The number of amides is 1. The van der Waals surface area contributed by atoms with Gasteiger partial charge in [0.2, 0.25) is 0 Å². The van der Waals surface area contributed by atoms with Crippen LogP contribution in [0.25, 0.3) is 0 Å². The van der Waals surface area contributed by atoms with Gasteiger partial charge in [0.15, 0.2) is 0 Å². The van der Waals surface area contributed by atoms with Crippen molar-refractivity contribution in [3.8, 4) is 12.3 Å². The maximum absolute atomic E-state index is 10.9. The fourth-order valence-corrected chi connectivity index (χ4v) is 0.741. The Morgan fingerprint density at radius 2 is 2.31 bits per heavy atom. The summed E-state index contributed by atoms with van der Waals surface area (Å²) in [5, 5.41) is 2.62. The lowest BCUT2D eigenvalue weighted by atomic mass is 10.3. The quantitative estimate of drug-likeness (QED) is 0.504. The van der Waals surface area contributed by atoms with E-state index in [4.69, 9.17) is 11.2 Å². The van der Waals surface area contributed by atoms with Crippen LogP contribution in [0.4, 0.5) is 4.79 Å². The van der Waals surface area contributed by atoms with E-state index < -0.39 is 0 Å². The summed E-state index contributed by atoms with van der Waals surface area (Å²) in [4.78, 5) is 10.9. The number of nitrogens with one attached hydrogen (secondary N) is 1. The first-order chi connectivity index (χ1) is 6.31.